The summed E-state index contributed by atoms with van der Waals surface area (Å²) in [6.45, 7) is 0. The van der Waals surface area contributed by atoms with Crippen molar-refractivity contribution in [3.05, 3.63) is 29.0 Å². The van der Waals surface area contributed by atoms with Crippen LogP contribution < -0.4 is 0 Å². The Labute approximate surface area is 130 Å². The van der Waals surface area contributed by atoms with Crippen LogP contribution in [0.2, 0.25) is 5.15 Å². The van der Waals surface area contributed by atoms with Crippen molar-refractivity contribution in [2.24, 2.45) is 0 Å². The van der Waals surface area contributed by atoms with Gasteiger partial charge in [0.2, 0.25) is 0 Å². The van der Waals surface area contributed by atoms with Gasteiger partial charge >= 0.3 is 0 Å². The molecule has 7 heteroatoms. The topological polar surface area (TPSA) is 67.3 Å². The van der Waals surface area contributed by atoms with Crippen molar-refractivity contribution in [1.82, 2.24) is 9.88 Å². The van der Waals surface area contributed by atoms with E-state index in [-0.39, 0.29) is 17.1 Å². The predicted molar refractivity (Wildman–Crippen MR) is 82.2 cm³/mol. The summed E-state index contributed by atoms with van der Waals surface area (Å²) < 4.78 is 23.9. The molecule has 1 saturated carbocycles. The number of halogens is 1. The van der Waals surface area contributed by atoms with Crippen molar-refractivity contribution in [2.75, 3.05) is 13.3 Å². The molecular formula is C14H19ClN2O3S. The molecular weight excluding hydrogens is 312 g/mol. The molecule has 1 aliphatic rings. The molecule has 0 spiro atoms. The fourth-order valence-corrected chi connectivity index (χ4v) is 4.57. The van der Waals surface area contributed by atoms with Gasteiger partial charge in [0.05, 0.1) is 5.25 Å². The van der Waals surface area contributed by atoms with E-state index in [0.29, 0.717) is 18.4 Å². The van der Waals surface area contributed by atoms with Gasteiger partial charge < -0.3 is 4.90 Å². The van der Waals surface area contributed by atoms with Gasteiger partial charge in [-0.05, 0) is 25.0 Å². The highest BCUT2D eigenvalue weighted by molar-refractivity contribution is 7.91. The van der Waals surface area contributed by atoms with E-state index in [2.05, 4.69) is 4.98 Å². The molecule has 0 saturated heterocycles. The van der Waals surface area contributed by atoms with Crippen LogP contribution in [0.25, 0.3) is 0 Å². The number of amides is 1. The summed E-state index contributed by atoms with van der Waals surface area (Å²) >= 11 is 5.80. The van der Waals surface area contributed by atoms with Crippen molar-refractivity contribution >= 4 is 27.3 Å². The zero-order chi connectivity index (χ0) is 15.6. The number of carbonyl (C=O) groups excluding carboxylic acids is 1. The Balaban J connectivity index is 2.25. The van der Waals surface area contributed by atoms with Crippen LogP contribution in [-0.2, 0) is 9.84 Å². The third-order valence-corrected chi connectivity index (χ3v) is 5.87. The minimum atomic E-state index is -3.18. The first-order chi connectivity index (χ1) is 9.80. The molecule has 1 heterocycles. The van der Waals surface area contributed by atoms with E-state index in [0.717, 1.165) is 12.8 Å². The molecule has 116 valence electrons. The van der Waals surface area contributed by atoms with Crippen LogP contribution in [0.4, 0.5) is 0 Å². The highest BCUT2D eigenvalue weighted by Crippen LogP contribution is 2.28. The molecule has 2 atom stereocenters. The molecule has 0 N–H and O–H groups in total. The lowest BCUT2D eigenvalue weighted by molar-refractivity contribution is 0.0700. The van der Waals surface area contributed by atoms with Crippen LogP contribution in [0.3, 0.4) is 0 Å². The smallest absolute Gasteiger partial charge is 0.254 e. The van der Waals surface area contributed by atoms with Gasteiger partial charge in [0, 0.05) is 31.1 Å². The van der Waals surface area contributed by atoms with Gasteiger partial charge in [0.15, 0.2) is 9.84 Å². The van der Waals surface area contributed by atoms with Gasteiger partial charge in [0.25, 0.3) is 5.91 Å². The van der Waals surface area contributed by atoms with E-state index in [9.17, 15) is 13.2 Å². The molecule has 0 aromatic carbocycles. The molecule has 1 fully saturated rings. The van der Waals surface area contributed by atoms with Crippen LogP contribution in [-0.4, -0.2) is 48.8 Å². The minimum Gasteiger partial charge on any atom is -0.337 e. The Hall–Kier alpha value is -1.14. The normalized spacial score (nSPS) is 22.8. The maximum Gasteiger partial charge on any atom is 0.254 e. The van der Waals surface area contributed by atoms with Gasteiger partial charge in [0.1, 0.15) is 5.15 Å². The first-order valence-electron chi connectivity index (χ1n) is 6.88. The minimum absolute atomic E-state index is 0.222. The summed E-state index contributed by atoms with van der Waals surface area (Å²) in [5.74, 6) is -0.222. The van der Waals surface area contributed by atoms with Gasteiger partial charge in [-0.15, -0.1) is 0 Å². The van der Waals surface area contributed by atoms with Crippen LogP contribution in [0.1, 0.15) is 36.0 Å². The molecule has 1 amide bonds. The first-order valence-corrected chi connectivity index (χ1v) is 9.21. The Morgan fingerprint density at radius 1 is 1.38 bits per heavy atom. The fraction of sp³-hybridized carbons (Fsp3) is 0.571. The predicted octanol–water partition coefficient (Wildman–Crippen LogP) is 2.16. The number of hydrogen-bond acceptors (Lipinski definition) is 4. The number of pyridine rings is 1. The average molecular weight is 331 g/mol. The summed E-state index contributed by atoms with van der Waals surface area (Å²) in [5.41, 5.74) is 0.426. The summed E-state index contributed by atoms with van der Waals surface area (Å²) in [6.07, 6.45) is 5.86. The molecule has 0 bridgehead atoms. The summed E-state index contributed by atoms with van der Waals surface area (Å²) in [7, 11) is -1.52. The molecule has 0 radical (unpaired) electrons. The molecule has 1 aromatic heterocycles. The van der Waals surface area contributed by atoms with E-state index < -0.39 is 15.1 Å². The number of aromatic nitrogens is 1. The lowest BCUT2D eigenvalue weighted by atomic mass is 9.93. The third-order valence-electron chi connectivity index (χ3n) is 4.01. The van der Waals surface area contributed by atoms with Gasteiger partial charge in [-0.25, -0.2) is 13.4 Å². The third kappa shape index (κ3) is 3.74. The molecule has 21 heavy (non-hydrogen) atoms. The maximum atomic E-state index is 12.5. The molecule has 0 aliphatic heterocycles. The highest BCUT2D eigenvalue weighted by Gasteiger charge is 2.37. The van der Waals surface area contributed by atoms with Crippen LogP contribution in [0.15, 0.2) is 18.3 Å². The largest absolute Gasteiger partial charge is 0.337 e. The fourth-order valence-electron chi connectivity index (χ4n) is 2.91. The van der Waals surface area contributed by atoms with Crippen molar-refractivity contribution < 1.29 is 13.2 Å². The number of carbonyl (C=O) groups is 1. The summed E-state index contributed by atoms with van der Waals surface area (Å²) in [4.78, 5) is 17.9. The second-order valence-corrected chi connectivity index (χ2v) is 8.15. The zero-order valence-corrected chi connectivity index (χ0v) is 13.7. The number of rotatable bonds is 3. The molecule has 5 nitrogen and oxygen atoms in total. The van der Waals surface area contributed by atoms with Gasteiger partial charge in [-0.3, -0.25) is 4.79 Å². The van der Waals surface area contributed by atoms with E-state index in [1.54, 1.807) is 13.1 Å². The second-order valence-electron chi connectivity index (χ2n) is 5.50. The monoisotopic (exact) mass is 330 g/mol. The Morgan fingerprint density at radius 3 is 2.67 bits per heavy atom. The van der Waals surface area contributed by atoms with Crippen LogP contribution >= 0.6 is 11.6 Å². The lowest BCUT2D eigenvalue weighted by Crippen LogP contribution is -2.49. The van der Waals surface area contributed by atoms with Crippen molar-refractivity contribution in [2.45, 2.75) is 37.0 Å². The first kappa shape index (κ1) is 16.2. The second kappa shape index (κ2) is 6.32. The van der Waals surface area contributed by atoms with Crippen LogP contribution in [0, 0.1) is 0 Å². The number of sulfone groups is 1. The van der Waals surface area contributed by atoms with Crippen LogP contribution in [0.5, 0.6) is 0 Å². The maximum absolute atomic E-state index is 12.5. The Kier molecular flexibility index (Phi) is 4.88. The van der Waals surface area contributed by atoms with E-state index in [1.165, 1.54) is 23.4 Å². The SMILES string of the molecule is CN(C(=O)c1ccnc(Cl)c1)C1CCCCC1S(C)(=O)=O. The Morgan fingerprint density at radius 2 is 2.05 bits per heavy atom. The quantitative estimate of drug-likeness (QED) is 0.796. The zero-order valence-electron chi connectivity index (χ0n) is 12.1. The standard InChI is InChI=1S/C14H19ClN2O3S/c1-17(14(18)10-7-8-16-13(15)9-10)11-5-3-4-6-12(11)21(2,19)20/h7-9,11-12H,3-6H2,1-2H3. The molecule has 1 aromatic rings. The van der Waals surface area contributed by atoms with Crippen molar-refractivity contribution in [3.8, 4) is 0 Å². The van der Waals surface area contributed by atoms with E-state index >= 15 is 0 Å². The Bertz CT molecular complexity index is 633. The van der Waals surface area contributed by atoms with E-state index in [1.807, 2.05) is 0 Å². The molecule has 1 aliphatic carbocycles. The van der Waals surface area contributed by atoms with Gasteiger partial charge in [-0.2, -0.15) is 0 Å². The van der Waals surface area contributed by atoms with Crippen molar-refractivity contribution in [1.29, 1.82) is 0 Å². The lowest BCUT2D eigenvalue weighted by Gasteiger charge is -2.37. The molecule has 2 rings (SSSR count). The molecule has 2 unspecified atom stereocenters. The van der Waals surface area contributed by atoms with Crippen molar-refractivity contribution in [3.63, 3.8) is 0 Å². The number of nitrogens with zero attached hydrogens (tertiary/aromatic N) is 2. The van der Waals surface area contributed by atoms with Gasteiger partial charge in [-0.1, -0.05) is 24.4 Å². The highest BCUT2D eigenvalue weighted by atomic mass is 35.5. The summed E-state index contributed by atoms with van der Waals surface area (Å²) in [6, 6.07) is 2.80. The average Bonchev–Trinajstić information content (AvgIpc) is 2.45. The number of hydrogen-bond donors (Lipinski definition) is 0. The van der Waals surface area contributed by atoms with E-state index in [4.69, 9.17) is 11.6 Å². The summed E-state index contributed by atoms with van der Waals surface area (Å²) in [5, 5.41) is -0.241.